The van der Waals surface area contributed by atoms with Gasteiger partial charge < -0.3 is 5.32 Å². The second-order valence-electron chi connectivity index (χ2n) is 6.53. The molecule has 1 aromatic carbocycles. The van der Waals surface area contributed by atoms with Gasteiger partial charge in [-0.3, -0.25) is 9.69 Å². The SMILES string of the molecule is Cc1nc(C)c(CC(=O)NC[C@H](c2ccc(F)cc2)N2CCCC2)s1. The normalized spacial score (nSPS) is 16.1. The van der Waals surface area contributed by atoms with Gasteiger partial charge in [-0.25, -0.2) is 9.37 Å². The average molecular weight is 361 g/mol. The minimum Gasteiger partial charge on any atom is -0.354 e. The molecule has 1 aromatic heterocycles. The lowest BCUT2D eigenvalue weighted by Crippen LogP contribution is -2.37. The molecule has 1 amide bonds. The molecule has 134 valence electrons. The van der Waals surface area contributed by atoms with Gasteiger partial charge in [-0.2, -0.15) is 0 Å². The van der Waals surface area contributed by atoms with Crippen LogP contribution in [0, 0.1) is 19.7 Å². The van der Waals surface area contributed by atoms with Crippen LogP contribution in [0.2, 0.25) is 0 Å². The highest BCUT2D eigenvalue weighted by Gasteiger charge is 2.24. The van der Waals surface area contributed by atoms with E-state index in [1.807, 2.05) is 26.0 Å². The molecule has 0 aliphatic carbocycles. The molecule has 0 radical (unpaired) electrons. The predicted molar refractivity (Wildman–Crippen MR) is 98.2 cm³/mol. The van der Waals surface area contributed by atoms with E-state index in [1.165, 1.54) is 25.0 Å². The third-order valence-electron chi connectivity index (χ3n) is 4.65. The Morgan fingerprint density at radius 1 is 1.28 bits per heavy atom. The minimum atomic E-state index is -0.232. The Balaban J connectivity index is 1.64. The van der Waals surface area contributed by atoms with E-state index in [0.717, 1.165) is 34.2 Å². The summed E-state index contributed by atoms with van der Waals surface area (Å²) in [5, 5.41) is 4.05. The van der Waals surface area contributed by atoms with E-state index in [1.54, 1.807) is 11.3 Å². The molecule has 0 bridgehead atoms. The van der Waals surface area contributed by atoms with Crippen molar-refractivity contribution in [3.63, 3.8) is 0 Å². The van der Waals surface area contributed by atoms with Gasteiger partial charge in [0.15, 0.2) is 0 Å². The van der Waals surface area contributed by atoms with Crippen LogP contribution < -0.4 is 5.32 Å². The molecule has 1 atom stereocenters. The van der Waals surface area contributed by atoms with E-state index in [-0.39, 0.29) is 17.8 Å². The Labute approximate surface area is 152 Å². The number of aryl methyl sites for hydroxylation is 2. The fourth-order valence-corrected chi connectivity index (χ4v) is 4.29. The number of likely N-dealkylation sites (tertiary alicyclic amines) is 1. The van der Waals surface area contributed by atoms with Crippen molar-refractivity contribution in [1.29, 1.82) is 0 Å². The Morgan fingerprint density at radius 3 is 2.56 bits per heavy atom. The van der Waals surface area contributed by atoms with E-state index < -0.39 is 0 Å². The minimum absolute atomic E-state index is 0.0121. The van der Waals surface area contributed by atoms with Gasteiger partial charge in [0.2, 0.25) is 5.91 Å². The van der Waals surface area contributed by atoms with Crippen molar-refractivity contribution in [1.82, 2.24) is 15.2 Å². The number of carbonyl (C=O) groups excluding carboxylic acids is 1. The van der Waals surface area contributed by atoms with Crippen LogP contribution in [0.3, 0.4) is 0 Å². The Bertz CT molecular complexity index is 723. The topological polar surface area (TPSA) is 45.2 Å². The number of rotatable bonds is 6. The standard InChI is InChI=1S/C19H24FN3OS/c1-13-18(25-14(2)22-13)11-19(24)21-12-17(23-9-3-4-10-23)15-5-7-16(20)8-6-15/h5-8,17H,3-4,9-12H2,1-2H3,(H,21,24)/t17-/m1/s1. The van der Waals surface area contributed by atoms with Gasteiger partial charge in [0.05, 0.1) is 23.2 Å². The summed E-state index contributed by atoms with van der Waals surface area (Å²) in [4.78, 5) is 20.1. The van der Waals surface area contributed by atoms with Crippen molar-refractivity contribution in [2.24, 2.45) is 0 Å². The summed E-state index contributed by atoms with van der Waals surface area (Å²) in [6, 6.07) is 6.71. The van der Waals surface area contributed by atoms with E-state index in [4.69, 9.17) is 0 Å². The number of aromatic nitrogens is 1. The Hall–Kier alpha value is -1.79. The smallest absolute Gasteiger partial charge is 0.225 e. The second kappa shape index (κ2) is 8.06. The first-order chi connectivity index (χ1) is 12.0. The first kappa shape index (κ1) is 18.0. The largest absolute Gasteiger partial charge is 0.354 e. The lowest BCUT2D eigenvalue weighted by atomic mass is 10.1. The number of nitrogens with zero attached hydrogens (tertiary/aromatic N) is 2. The van der Waals surface area contributed by atoms with Crippen molar-refractivity contribution in [3.05, 3.63) is 51.2 Å². The predicted octanol–water partition coefficient (Wildman–Crippen LogP) is 3.39. The Kier molecular flexibility index (Phi) is 5.81. The zero-order chi connectivity index (χ0) is 17.8. The van der Waals surface area contributed by atoms with Gasteiger partial charge in [0.25, 0.3) is 0 Å². The molecule has 1 fully saturated rings. The van der Waals surface area contributed by atoms with E-state index in [0.29, 0.717) is 13.0 Å². The number of nitrogens with one attached hydrogen (secondary N) is 1. The lowest BCUT2D eigenvalue weighted by molar-refractivity contribution is -0.120. The first-order valence-corrected chi connectivity index (χ1v) is 9.53. The second-order valence-corrected chi connectivity index (χ2v) is 7.82. The molecule has 2 aromatic rings. The molecule has 1 N–H and O–H groups in total. The van der Waals surface area contributed by atoms with Crippen LogP contribution in [-0.2, 0) is 11.2 Å². The summed E-state index contributed by atoms with van der Waals surface area (Å²) in [7, 11) is 0. The fraction of sp³-hybridized carbons (Fsp3) is 0.474. The quantitative estimate of drug-likeness (QED) is 0.858. The van der Waals surface area contributed by atoms with E-state index in [9.17, 15) is 9.18 Å². The number of thiazole rings is 1. The van der Waals surface area contributed by atoms with Crippen LogP contribution in [0.5, 0.6) is 0 Å². The summed E-state index contributed by atoms with van der Waals surface area (Å²) in [5.41, 5.74) is 1.99. The number of halogens is 1. The molecular weight excluding hydrogens is 337 g/mol. The van der Waals surface area contributed by atoms with Crippen LogP contribution in [0.25, 0.3) is 0 Å². The molecule has 4 nitrogen and oxygen atoms in total. The number of hydrogen-bond donors (Lipinski definition) is 1. The molecule has 3 rings (SSSR count). The maximum Gasteiger partial charge on any atom is 0.225 e. The van der Waals surface area contributed by atoms with Gasteiger partial charge in [-0.05, 0) is 57.5 Å². The maximum absolute atomic E-state index is 13.2. The van der Waals surface area contributed by atoms with Crippen molar-refractivity contribution >= 4 is 17.2 Å². The highest BCUT2D eigenvalue weighted by molar-refractivity contribution is 7.11. The van der Waals surface area contributed by atoms with Crippen LogP contribution in [0.15, 0.2) is 24.3 Å². The highest BCUT2D eigenvalue weighted by Crippen LogP contribution is 2.25. The fourth-order valence-electron chi connectivity index (χ4n) is 3.35. The summed E-state index contributed by atoms with van der Waals surface area (Å²) >= 11 is 1.58. The van der Waals surface area contributed by atoms with Crippen LogP contribution in [-0.4, -0.2) is 35.4 Å². The van der Waals surface area contributed by atoms with Gasteiger partial charge >= 0.3 is 0 Å². The average Bonchev–Trinajstić information content (AvgIpc) is 3.20. The molecule has 0 spiro atoms. The summed E-state index contributed by atoms with van der Waals surface area (Å²) in [6.45, 7) is 6.48. The van der Waals surface area contributed by atoms with Crippen LogP contribution in [0.1, 0.15) is 40.0 Å². The highest BCUT2D eigenvalue weighted by atomic mass is 32.1. The molecule has 1 saturated heterocycles. The van der Waals surface area contributed by atoms with Crippen molar-refractivity contribution < 1.29 is 9.18 Å². The molecule has 0 unspecified atom stereocenters. The molecule has 0 saturated carbocycles. The van der Waals surface area contributed by atoms with Gasteiger partial charge in [0, 0.05) is 11.4 Å². The van der Waals surface area contributed by atoms with Gasteiger partial charge in [-0.15, -0.1) is 11.3 Å². The van der Waals surface area contributed by atoms with E-state index in [2.05, 4.69) is 15.2 Å². The number of hydrogen-bond acceptors (Lipinski definition) is 4. The number of benzene rings is 1. The van der Waals surface area contributed by atoms with Crippen molar-refractivity contribution in [3.8, 4) is 0 Å². The number of amides is 1. The zero-order valence-corrected chi connectivity index (χ0v) is 15.5. The van der Waals surface area contributed by atoms with Crippen molar-refractivity contribution in [2.45, 2.75) is 39.2 Å². The molecule has 1 aliphatic rings. The van der Waals surface area contributed by atoms with Crippen molar-refractivity contribution in [2.75, 3.05) is 19.6 Å². The Morgan fingerprint density at radius 2 is 1.96 bits per heavy atom. The zero-order valence-electron chi connectivity index (χ0n) is 14.7. The maximum atomic E-state index is 13.2. The molecular formula is C19H24FN3OS. The lowest BCUT2D eigenvalue weighted by Gasteiger charge is -2.28. The molecule has 6 heteroatoms. The van der Waals surface area contributed by atoms with Gasteiger partial charge in [0.1, 0.15) is 5.82 Å². The van der Waals surface area contributed by atoms with Crippen LogP contribution in [0.4, 0.5) is 4.39 Å². The molecule has 1 aliphatic heterocycles. The summed E-state index contributed by atoms with van der Waals surface area (Å²) in [5.74, 6) is -0.220. The summed E-state index contributed by atoms with van der Waals surface area (Å²) < 4.78 is 13.2. The monoisotopic (exact) mass is 361 g/mol. The van der Waals surface area contributed by atoms with E-state index >= 15 is 0 Å². The third kappa shape index (κ3) is 4.64. The summed E-state index contributed by atoms with van der Waals surface area (Å²) in [6.07, 6.45) is 2.71. The third-order valence-corrected chi connectivity index (χ3v) is 5.72. The van der Waals surface area contributed by atoms with Crippen LogP contribution >= 0.6 is 11.3 Å². The van der Waals surface area contributed by atoms with Gasteiger partial charge in [-0.1, -0.05) is 12.1 Å². The number of carbonyl (C=O) groups is 1. The molecule has 2 heterocycles. The first-order valence-electron chi connectivity index (χ1n) is 8.72. The molecule has 25 heavy (non-hydrogen) atoms.